The van der Waals surface area contributed by atoms with Crippen LogP contribution in [0.15, 0.2) is 28.7 Å². The van der Waals surface area contributed by atoms with Gasteiger partial charge in [0.2, 0.25) is 5.91 Å². The van der Waals surface area contributed by atoms with Crippen molar-refractivity contribution in [2.75, 3.05) is 13.1 Å². The Kier molecular flexibility index (Phi) is 4.63. The number of carbonyl (C=O) groups excluding carboxylic acids is 1. The molecular weight excluding hydrogens is 304 g/mol. The summed E-state index contributed by atoms with van der Waals surface area (Å²) < 4.78 is 1.03. The number of piperidine rings is 1. The molecule has 1 fully saturated rings. The Bertz CT molecular complexity index is 436. The van der Waals surface area contributed by atoms with Crippen LogP contribution in [0.3, 0.4) is 0 Å². The van der Waals surface area contributed by atoms with Crippen LogP contribution in [0.5, 0.6) is 0 Å². The van der Waals surface area contributed by atoms with Gasteiger partial charge >= 0.3 is 0 Å². The number of hydrogen-bond acceptors (Lipinski definition) is 2. The highest BCUT2D eigenvalue weighted by Gasteiger charge is 2.31. The Morgan fingerprint density at radius 1 is 1.26 bits per heavy atom. The van der Waals surface area contributed by atoms with Crippen molar-refractivity contribution in [1.29, 1.82) is 0 Å². The largest absolute Gasteiger partial charge is 0.353 e. The number of carbonyl (C=O) groups is 1. The number of amides is 1. The maximum Gasteiger partial charge on any atom is 0.230 e. The molecule has 1 aromatic rings. The molecular formula is C15H21BrN2O. The first-order chi connectivity index (χ1) is 9.00. The SMILES string of the molecule is CC(C)(C(=O)NC1CCNCC1)c1ccc(Br)cc1. The van der Waals surface area contributed by atoms with Crippen molar-refractivity contribution in [2.45, 2.75) is 38.1 Å². The molecule has 0 aromatic heterocycles. The molecule has 0 bridgehead atoms. The fourth-order valence-corrected chi connectivity index (χ4v) is 2.59. The second-order valence-electron chi connectivity index (χ2n) is 5.63. The van der Waals surface area contributed by atoms with Gasteiger partial charge < -0.3 is 10.6 Å². The van der Waals surface area contributed by atoms with Gasteiger partial charge in [-0.2, -0.15) is 0 Å². The second-order valence-corrected chi connectivity index (χ2v) is 6.55. The maximum atomic E-state index is 12.5. The van der Waals surface area contributed by atoms with E-state index in [1.807, 2.05) is 38.1 Å². The van der Waals surface area contributed by atoms with E-state index in [9.17, 15) is 4.79 Å². The topological polar surface area (TPSA) is 41.1 Å². The van der Waals surface area contributed by atoms with Crippen LogP contribution in [0.1, 0.15) is 32.3 Å². The van der Waals surface area contributed by atoms with Gasteiger partial charge in [-0.15, -0.1) is 0 Å². The molecule has 0 saturated carbocycles. The van der Waals surface area contributed by atoms with E-state index in [0.29, 0.717) is 6.04 Å². The van der Waals surface area contributed by atoms with Gasteiger partial charge in [0, 0.05) is 10.5 Å². The third-order valence-electron chi connectivity index (χ3n) is 3.81. The first-order valence-electron chi connectivity index (χ1n) is 6.78. The van der Waals surface area contributed by atoms with Crippen LogP contribution in [0.4, 0.5) is 0 Å². The van der Waals surface area contributed by atoms with Crippen LogP contribution >= 0.6 is 15.9 Å². The standard InChI is InChI=1S/C15H21BrN2O/c1-15(2,11-3-5-12(16)6-4-11)14(19)18-13-7-9-17-10-8-13/h3-6,13,17H,7-10H2,1-2H3,(H,18,19). The van der Waals surface area contributed by atoms with Crippen LogP contribution in [-0.2, 0) is 10.2 Å². The highest BCUT2D eigenvalue weighted by Crippen LogP contribution is 2.25. The Labute approximate surface area is 123 Å². The van der Waals surface area contributed by atoms with Crippen LogP contribution in [-0.4, -0.2) is 25.0 Å². The van der Waals surface area contributed by atoms with Gasteiger partial charge in [-0.3, -0.25) is 4.79 Å². The quantitative estimate of drug-likeness (QED) is 0.897. The van der Waals surface area contributed by atoms with Crippen molar-refractivity contribution in [3.63, 3.8) is 0 Å². The smallest absolute Gasteiger partial charge is 0.230 e. The normalized spacial score (nSPS) is 17.2. The molecule has 1 aromatic carbocycles. The van der Waals surface area contributed by atoms with Crippen molar-refractivity contribution in [1.82, 2.24) is 10.6 Å². The van der Waals surface area contributed by atoms with Gasteiger partial charge in [0.05, 0.1) is 5.41 Å². The van der Waals surface area contributed by atoms with Crippen molar-refractivity contribution < 1.29 is 4.79 Å². The van der Waals surface area contributed by atoms with Crippen molar-refractivity contribution in [3.8, 4) is 0 Å². The summed E-state index contributed by atoms with van der Waals surface area (Å²) in [4.78, 5) is 12.5. The zero-order chi connectivity index (χ0) is 13.9. The first kappa shape index (κ1) is 14.5. The number of benzene rings is 1. The summed E-state index contributed by atoms with van der Waals surface area (Å²) in [6, 6.07) is 8.28. The average molecular weight is 325 g/mol. The van der Waals surface area contributed by atoms with E-state index >= 15 is 0 Å². The molecule has 0 spiro atoms. The first-order valence-corrected chi connectivity index (χ1v) is 7.57. The van der Waals surface area contributed by atoms with E-state index in [-0.39, 0.29) is 5.91 Å². The molecule has 104 valence electrons. The van der Waals surface area contributed by atoms with E-state index in [1.165, 1.54) is 0 Å². The molecule has 0 radical (unpaired) electrons. The van der Waals surface area contributed by atoms with E-state index < -0.39 is 5.41 Å². The molecule has 0 unspecified atom stereocenters. The fraction of sp³-hybridized carbons (Fsp3) is 0.533. The molecule has 1 aliphatic heterocycles. The van der Waals surface area contributed by atoms with Gasteiger partial charge in [0.15, 0.2) is 0 Å². The number of hydrogen-bond donors (Lipinski definition) is 2. The summed E-state index contributed by atoms with van der Waals surface area (Å²) in [5.41, 5.74) is 0.549. The maximum absolute atomic E-state index is 12.5. The zero-order valence-corrected chi connectivity index (χ0v) is 13.1. The van der Waals surface area contributed by atoms with Crippen LogP contribution in [0.2, 0.25) is 0 Å². The van der Waals surface area contributed by atoms with Crippen molar-refractivity contribution in [3.05, 3.63) is 34.3 Å². The molecule has 4 heteroatoms. The van der Waals surface area contributed by atoms with Crippen LogP contribution in [0.25, 0.3) is 0 Å². The molecule has 19 heavy (non-hydrogen) atoms. The lowest BCUT2D eigenvalue weighted by Crippen LogP contribution is -2.48. The minimum atomic E-state index is -0.494. The van der Waals surface area contributed by atoms with E-state index in [4.69, 9.17) is 0 Å². The lowest BCUT2D eigenvalue weighted by Gasteiger charge is -2.30. The molecule has 0 atom stereocenters. The number of rotatable bonds is 3. The molecule has 1 amide bonds. The third kappa shape index (κ3) is 3.57. The number of nitrogens with one attached hydrogen (secondary N) is 2. The van der Waals surface area contributed by atoms with Crippen LogP contribution in [0, 0.1) is 0 Å². The van der Waals surface area contributed by atoms with E-state index in [0.717, 1.165) is 36.0 Å². The average Bonchev–Trinajstić information content (AvgIpc) is 2.40. The molecule has 0 aliphatic carbocycles. The lowest BCUT2D eigenvalue weighted by atomic mass is 9.83. The fourth-order valence-electron chi connectivity index (χ4n) is 2.33. The predicted molar refractivity (Wildman–Crippen MR) is 81.2 cm³/mol. The Morgan fingerprint density at radius 3 is 2.42 bits per heavy atom. The van der Waals surface area contributed by atoms with E-state index in [2.05, 4.69) is 26.6 Å². The third-order valence-corrected chi connectivity index (χ3v) is 4.34. The number of halogens is 1. The lowest BCUT2D eigenvalue weighted by molar-refractivity contribution is -0.126. The molecule has 3 nitrogen and oxygen atoms in total. The summed E-state index contributed by atoms with van der Waals surface area (Å²) in [7, 11) is 0. The minimum absolute atomic E-state index is 0.113. The van der Waals surface area contributed by atoms with E-state index in [1.54, 1.807) is 0 Å². The van der Waals surface area contributed by atoms with Gasteiger partial charge in [0.1, 0.15) is 0 Å². The van der Waals surface area contributed by atoms with Gasteiger partial charge in [0.25, 0.3) is 0 Å². The van der Waals surface area contributed by atoms with Gasteiger partial charge in [-0.25, -0.2) is 0 Å². The monoisotopic (exact) mass is 324 g/mol. The molecule has 2 rings (SSSR count). The van der Waals surface area contributed by atoms with Gasteiger partial charge in [-0.1, -0.05) is 28.1 Å². The zero-order valence-electron chi connectivity index (χ0n) is 11.5. The van der Waals surface area contributed by atoms with Gasteiger partial charge in [-0.05, 0) is 57.5 Å². The summed E-state index contributed by atoms with van der Waals surface area (Å²) >= 11 is 3.42. The minimum Gasteiger partial charge on any atom is -0.353 e. The van der Waals surface area contributed by atoms with Crippen LogP contribution < -0.4 is 10.6 Å². The highest BCUT2D eigenvalue weighted by atomic mass is 79.9. The Morgan fingerprint density at radius 2 is 1.84 bits per heavy atom. The molecule has 1 saturated heterocycles. The predicted octanol–water partition coefficient (Wildman–Crippen LogP) is 2.59. The molecule has 1 heterocycles. The summed E-state index contributed by atoms with van der Waals surface area (Å²) in [5.74, 6) is 0.113. The Balaban J connectivity index is 2.05. The Hall–Kier alpha value is -0.870. The summed E-state index contributed by atoms with van der Waals surface area (Å²) in [5, 5.41) is 6.49. The summed E-state index contributed by atoms with van der Waals surface area (Å²) in [6.07, 6.45) is 2.03. The summed E-state index contributed by atoms with van der Waals surface area (Å²) in [6.45, 7) is 5.94. The second kappa shape index (κ2) is 6.06. The highest BCUT2D eigenvalue weighted by molar-refractivity contribution is 9.10. The van der Waals surface area contributed by atoms with Crippen molar-refractivity contribution in [2.24, 2.45) is 0 Å². The molecule has 2 N–H and O–H groups in total. The van der Waals surface area contributed by atoms with Crippen molar-refractivity contribution >= 4 is 21.8 Å². The molecule has 1 aliphatic rings.